The van der Waals surface area contributed by atoms with Crippen molar-refractivity contribution in [2.75, 3.05) is 0 Å². The van der Waals surface area contributed by atoms with E-state index in [1.165, 1.54) is 12.1 Å². The molecule has 9 heteroatoms. The molecule has 0 aliphatic carbocycles. The highest BCUT2D eigenvalue weighted by Gasteiger charge is 2.15. The van der Waals surface area contributed by atoms with Gasteiger partial charge in [-0.05, 0) is 36.4 Å². The molecule has 128 valence electrons. The van der Waals surface area contributed by atoms with Gasteiger partial charge in [0.15, 0.2) is 0 Å². The molecule has 0 radical (unpaired) electrons. The lowest BCUT2D eigenvalue weighted by atomic mass is 10.1. The van der Waals surface area contributed by atoms with E-state index in [1.54, 1.807) is 23.0 Å². The second-order valence-electron chi connectivity index (χ2n) is 5.25. The van der Waals surface area contributed by atoms with Crippen molar-refractivity contribution in [3.63, 3.8) is 0 Å². The molecule has 0 fully saturated rings. The van der Waals surface area contributed by atoms with Crippen LogP contribution in [0.1, 0.15) is 5.56 Å². The minimum absolute atomic E-state index is 0.0334. The Morgan fingerprint density at radius 1 is 1.08 bits per heavy atom. The van der Waals surface area contributed by atoms with Crippen molar-refractivity contribution in [1.82, 2.24) is 9.78 Å². The molecule has 0 aliphatic rings. The molecule has 0 saturated heterocycles. The molecule has 3 rings (SSSR count). The van der Waals surface area contributed by atoms with Gasteiger partial charge in [-0.3, -0.25) is 0 Å². The number of nitrogens with two attached hydrogens (primary N) is 2. The van der Waals surface area contributed by atoms with E-state index in [9.17, 15) is 8.42 Å². The van der Waals surface area contributed by atoms with Crippen LogP contribution in [0.3, 0.4) is 0 Å². The number of primary sulfonamides is 1. The summed E-state index contributed by atoms with van der Waals surface area (Å²) >= 11 is 8.52. The Hall–Kier alpha value is -2.07. The van der Waals surface area contributed by atoms with Gasteiger partial charge in [-0.25, -0.2) is 18.2 Å². The van der Waals surface area contributed by atoms with E-state index in [0.29, 0.717) is 16.9 Å². The molecule has 0 bridgehead atoms. The van der Waals surface area contributed by atoms with Crippen LogP contribution in [-0.2, 0) is 10.0 Å². The number of thiocarbonyl (C=S) groups is 1. The van der Waals surface area contributed by atoms with Gasteiger partial charge >= 0.3 is 0 Å². The zero-order valence-corrected chi connectivity index (χ0v) is 16.0. The van der Waals surface area contributed by atoms with Crippen molar-refractivity contribution in [3.05, 3.63) is 64.8 Å². The number of hydrogen-bond donors (Lipinski definition) is 2. The SMILES string of the molecule is NC(=S)c1cn(-c2ccc(S(N)(=O)=O)cc2)nc1-c1ccc(Br)cc1. The van der Waals surface area contributed by atoms with Crippen molar-refractivity contribution >= 4 is 43.2 Å². The minimum Gasteiger partial charge on any atom is -0.389 e. The molecule has 0 amide bonds. The van der Waals surface area contributed by atoms with Gasteiger partial charge < -0.3 is 5.73 Å². The van der Waals surface area contributed by atoms with Gasteiger partial charge in [-0.15, -0.1) is 0 Å². The van der Waals surface area contributed by atoms with Gasteiger partial charge in [0.05, 0.1) is 16.1 Å². The molecule has 25 heavy (non-hydrogen) atoms. The van der Waals surface area contributed by atoms with E-state index in [0.717, 1.165) is 10.0 Å². The lowest BCUT2D eigenvalue weighted by molar-refractivity contribution is 0.598. The Bertz CT molecular complexity index is 1040. The largest absolute Gasteiger partial charge is 0.389 e. The van der Waals surface area contributed by atoms with E-state index in [2.05, 4.69) is 21.0 Å². The van der Waals surface area contributed by atoms with Crippen LogP contribution in [0.25, 0.3) is 16.9 Å². The first-order valence-corrected chi connectivity index (χ1v) is 9.79. The molecule has 0 aliphatic heterocycles. The molecule has 3 aromatic rings. The van der Waals surface area contributed by atoms with Crippen LogP contribution in [0.4, 0.5) is 0 Å². The lowest BCUT2D eigenvalue weighted by Crippen LogP contribution is -2.12. The van der Waals surface area contributed by atoms with E-state index < -0.39 is 10.0 Å². The van der Waals surface area contributed by atoms with E-state index in [4.69, 9.17) is 23.1 Å². The first kappa shape index (κ1) is 17.7. The number of sulfonamides is 1. The van der Waals surface area contributed by atoms with E-state index in [1.807, 2.05) is 24.3 Å². The Labute approximate surface area is 158 Å². The summed E-state index contributed by atoms with van der Waals surface area (Å²) in [5, 5.41) is 9.66. The molecular formula is C16H13BrN4O2S2. The Kier molecular flexibility index (Phi) is 4.74. The standard InChI is InChI=1S/C16H13BrN4O2S2/c17-11-3-1-10(2-4-11)15-14(16(18)24)9-21(20-15)12-5-7-13(8-6-12)25(19,22)23/h1-9H,(H2,18,24)(H2,19,22,23). The van der Waals surface area contributed by atoms with Crippen molar-refractivity contribution < 1.29 is 8.42 Å². The Morgan fingerprint density at radius 3 is 2.20 bits per heavy atom. The minimum atomic E-state index is -3.74. The highest BCUT2D eigenvalue weighted by Crippen LogP contribution is 2.25. The fourth-order valence-corrected chi connectivity index (χ4v) is 3.23. The van der Waals surface area contributed by atoms with Crippen molar-refractivity contribution in [1.29, 1.82) is 0 Å². The van der Waals surface area contributed by atoms with E-state index >= 15 is 0 Å². The first-order chi connectivity index (χ1) is 11.8. The van der Waals surface area contributed by atoms with E-state index in [-0.39, 0.29) is 9.88 Å². The third-order valence-electron chi connectivity index (χ3n) is 3.53. The van der Waals surface area contributed by atoms with Crippen LogP contribution in [0.5, 0.6) is 0 Å². The maximum absolute atomic E-state index is 11.4. The molecule has 1 heterocycles. The highest BCUT2D eigenvalue weighted by molar-refractivity contribution is 9.10. The molecule has 1 aromatic heterocycles. The van der Waals surface area contributed by atoms with Crippen molar-refractivity contribution in [2.45, 2.75) is 4.90 Å². The topological polar surface area (TPSA) is 104 Å². The summed E-state index contributed by atoms with van der Waals surface area (Å²) in [7, 11) is -3.74. The number of halogens is 1. The number of hydrogen-bond acceptors (Lipinski definition) is 4. The summed E-state index contributed by atoms with van der Waals surface area (Å²) in [4.78, 5) is 0.261. The molecule has 2 aromatic carbocycles. The number of benzene rings is 2. The summed E-state index contributed by atoms with van der Waals surface area (Å²) < 4.78 is 25.3. The number of rotatable bonds is 4. The normalized spacial score (nSPS) is 11.4. The van der Waals surface area contributed by atoms with Crippen LogP contribution in [0.15, 0.2) is 64.1 Å². The highest BCUT2D eigenvalue weighted by atomic mass is 79.9. The number of aromatic nitrogens is 2. The zero-order chi connectivity index (χ0) is 18.2. The zero-order valence-electron chi connectivity index (χ0n) is 12.8. The van der Waals surface area contributed by atoms with Gasteiger partial charge in [0.2, 0.25) is 10.0 Å². The molecule has 0 saturated carbocycles. The molecular weight excluding hydrogens is 424 g/mol. The average Bonchev–Trinajstić information content (AvgIpc) is 3.00. The molecule has 0 unspecified atom stereocenters. The predicted molar refractivity (Wildman–Crippen MR) is 104 cm³/mol. The quantitative estimate of drug-likeness (QED) is 0.611. The monoisotopic (exact) mass is 436 g/mol. The van der Waals surface area contributed by atoms with Gasteiger partial charge in [0.1, 0.15) is 10.7 Å². The van der Waals surface area contributed by atoms with Gasteiger partial charge in [-0.2, -0.15) is 5.10 Å². The first-order valence-electron chi connectivity index (χ1n) is 7.04. The molecule has 0 atom stereocenters. The summed E-state index contributed by atoms with van der Waals surface area (Å²) in [6.45, 7) is 0. The smallest absolute Gasteiger partial charge is 0.238 e. The third kappa shape index (κ3) is 3.79. The third-order valence-corrected chi connectivity index (χ3v) is 5.20. The predicted octanol–water partition coefficient (Wildman–Crippen LogP) is 2.58. The maximum Gasteiger partial charge on any atom is 0.238 e. The molecule has 0 spiro atoms. The summed E-state index contributed by atoms with van der Waals surface area (Å²) in [6.07, 6.45) is 1.71. The van der Waals surface area contributed by atoms with Gasteiger partial charge in [0.25, 0.3) is 0 Å². The van der Waals surface area contributed by atoms with Crippen LogP contribution in [0, 0.1) is 0 Å². The fourth-order valence-electron chi connectivity index (χ4n) is 2.30. The van der Waals surface area contributed by atoms with Crippen molar-refractivity contribution in [3.8, 4) is 16.9 Å². The van der Waals surface area contributed by atoms with Gasteiger partial charge in [-0.1, -0.05) is 40.3 Å². The second kappa shape index (κ2) is 6.68. The summed E-state index contributed by atoms with van der Waals surface area (Å²) in [5.41, 5.74) is 8.64. The van der Waals surface area contributed by atoms with Crippen LogP contribution >= 0.6 is 28.1 Å². The summed E-state index contributed by atoms with van der Waals surface area (Å²) in [6, 6.07) is 13.7. The Balaban J connectivity index is 2.08. The maximum atomic E-state index is 11.4. The van der Waals surface area contributed by atoms with Crippen LogP contribution in [0.2, 0.25) is 0 Å². The van der Waals surface area contributed by atoms with Crippen LogP contribution in [-0.4, -0.2) is 23.2 Å². The Morgan fingerprint density at radius 2 is 1.68 bits per heavy atom. The van der Waals surface area contributed by atoms with Crippen molar-refractivity contribution in [2.24, 2.45) is 10.9 Å². The molecule has 6 nitrogen and oxygen atoms in total. The second-order valence-corrected chi connectivity index (χ2v) is 8.16. The van der Waals surface area contributed by atoms with Gasteiger partial charge in [0, 0.05) is 16.2 Å². The molecule has 4 N–H and O–H groups in total. The summed E-state index contributed by atoms with van der Waals surface area (Å²) in [5.74, 6) is 0. The van der Waals surface area contributed by atoms with Crippen LogP contribution < -0.4 is 10.9 Å². The average molecular weight is 437 g/mol. The lowest BCUT2D eigenvalue weighted by Gasteiger charge is -2.03. The number of nitrogens with zero attached hydrogens (tertiary/aromatic N) is 2. The fraction of sp³-hybridized carbons (Fsp3) is 0.